The van der Waals surface area contributed by atoms with Crippen LogP contribution in [0.3, 0.4) is 0 Å². The SMILES string of the molecule is O=C(NCCCN1CCOCC1)C(=O)Nc1cc2c3c(c1)CC(=O)N3CCC2. The average molecular weight is 386 g/mol. The van der Waals surface area contributed by atoms with Crippen molar-refractivity contribution in [1.29, 1.82) is 0 Å². The number of hydrogen-bond acceptors (Lipinski definition) is 5. The van der Waals surface area contributed by atoms with Gasteiger partial charge in [-0.05, 0) is 49.1 Å². The molecule has 1 fully saturated rings. The van der Waals surface area contributed by atoms with Crippen LogP contribution in [0, 0.1) is 0 Å². The lowest BCUT2D eigenvalue weighted by Crippen LogP contribution is -2.39. The summed E-state index contributed by atoms with van der Waals surface area (Å²) in [5.74, 6) is -1.19. The molecule has 1 saturated heterocycles. The monoisotopic (exact) mass is 386 g/mol. The quantitative estimate of drug-likeness (QED) is 0.561. The van der Waals surface area contributed by atoms with Gasteiger partial charge in [0.2, 0.25) is 5.91 Å². The normalized spacial score (nSPS) is 18.7. The molecule has 8 nitrogen and oxygen atoms in total. The van der Waals surface area contributed by atoms with Crippen LogP contribution in [-0.4, -0.2) is 68.6 Å². The van der Waals surface area contributed by atoms with E-state index in [9.17, 15) is 14.4 Å². The molecule has 150 valence electrons. The number of ether oxygens (including phenoxy) is 1. The molecular formula is C20H26N4O4. The molecule has 4 rings (SSSR count). The number of rotatable bonds is 5. The second-order valence-corrected chi connectivity index (χ2v) is 7.49. The summed E-state index contributed by atoms with van der Waals surface area (Å²) < 4.78 is 5.31. The van der Waals surface area contributed by atoms with E-state index in [1.807, 2.05) is 17.0 Å². The molecule has 2 N–H and O–H groups in total. The third kappa shape index (κ3) is 4.02. The van der Waals surface area contributed by atoms with Crippen LogP contribution >= 0.6 is 0 Å². The highest BCUT2D eigenvalue weighted by atomic mass is 16.5. The highest BCUT2D eigenvalue weighted by Crippen LogP contribution is 2.38. The number of anilines is 2. The van der Waals surface area contributed by atoms with Gasteiger partial charge in [0.15, 0.2) is 0 Å². The number of morpholine rings is 1. The summed E-state index contributed by atoms with van der Waals surface area (Å²) in [7, 11) is 0. The minimum absolute atomic E-state index is 0.109. The summed E-state index contributed by atoms with van der Waals surface area (Å²) in [6.45, 7) is 5.43. The molecule has 28 heavy (non-hydrogen) atoms. The predicted octanol–water partition coefficient (Wildman–Crippen LogP) is 0.299. The lowest BCUT2D eigenvalue weighted by molar-refractivity contribution is -0.136. The Labute approximate surface area is 164 Å². The van der Waals surface area contributed by atoms with Crippen LogP contribution in [0.25, 0.3) is 0 Å². The van der Waals surface area contributed by atoms with Crippen LogP contribution in [0.15, 0.2) is 12.1 Å². The number of nitrogens with zero attached hydrogens (tertiary/aromatic N) is 2. The Morgan fingerprint density at radius 3 is 2.68 bits per heavy atom. The van der Waals surface area contributed by atoms with Gasteiger partial charge >= 0.3 is 11.8 Å². The summed E-state index contributed by atoms with van der Waals surface area (Å²) in [4.78, 5) is 40.5. The lowest BCUT2D eigenvalue weighted by atomic mass is 9.99. The minimum Gasteiger partial charge on any atom is -0.379 e. The molecular weight excluding hydrogens is 360 g/mol. The molecule has 8 heteroatoms. The van der Waals surface area contributed by atoms with Gasteiger partial charge in [0.25, 0.3) is 0 Å². The molecule has 3 amide bonds. The summed E-state index contributed by atoms with van der Waals surface area (Å²) in [6, 6.07) is 3.69. The van der Waals surface area contributed by atoms with Crippen molar-refractivity contribution >= 4 is 29.1 Å². The number of amides is 3. The van der Waals surface area contributed by atoms with Crippen molar-refractivity contribution < 1.29 is 19.1 Å². The van der Waals surface area contributed by atoms with Gasteiger partial charge in [-0.3, -0.25) is 19.3 Å². The fraction of sp³-hybridized carbons (Fsp3) is 0.550. The Morgan fingerprint density at radius 1 is 1.07 bits per heavy atom. The Kier molecular flexibility index (Phi) is 5.59. The molecule has 0 unspecified atom stereocenters. The first-order valence-electron chi connectivity index (χ1n) is 9.97. The van der Waals surface area contributed by atoms with E-state index in [-0.39, 0.29) is 5.91 Å². The first-order valence-corrected chi connectivity index (χ1v) is 9.97. The molecule has 0 bridgehead atoms. The maximum atomic E-state index is 12.2. The van der Waals surface area contributed by atoms with Gasteiger partial charge in [-0.1, -0.05) is 0 Å². The van der Waals surface area contributed by atoms with E-state index < -0.39 is 11.8 Å². The molecule has 0 saturated carbocycles. The molecule has 1 aromatic rings. The van der Waals surface area contributed by atoms with Crippen molar-refractivity contribution in [2.45, 2.75) is 25.7 Å². The zero-order valence-electron chi connectivity index (χ0n) is 16.0. The Bertz CT molecular complexity index is 789. The molecule has 0 radical (unpaired) electrons. The second kappa shape index (κ2) is 8.28. The first kappa shape index (κ1) is 18.9. The fourth-order valence-corrected chi connectivity index (χ4v) is 4.15. The smallest absolute Gasteiger partial charge is 0.313 e. The second-order valence-electron chi connectivity index (χ2n) is 7.49. The Balaban J connectivity index is 1.28. The molecule has 3 heterocycles. The topological polar surface area (TPSA) is 91.0 Å². The standard InChI is InChI=1S/C20H26N4O4/c25-17-13-15-12-16(11-14-3-1-6-24(17)18(14)15)22-20(27)19(26)21-4-2-5-23-7-9-28-10-8-23/h11-12H,1-10,13H2,(H,21,26)(H,22,27). The van der Waals surface area contributed by atoms with E-state index in [0.717, 1.165) is 75.5 Å². The van der Waals surface area contributed by atoms with Crippen molar-refractivity contribution in [3.8, 4) is 0 Å². The predicted molar refractivity (Wildman–Crippen MR) is 104 cm³/mol. The summed E-state index contributed by atoms with van der Waals surface area (Å²) in [6.07, 6.45) is 2.95. The summed E-state index contributed by atoms with van der Waals surface area (Å²) in [5, 5.41) is 5.36. The molecule has 0 spiro atoms. The zero-order valence-corrected chi connectivity index (χ0v) is 16.0. The van der Waals surface area contributed by atoms with Gasteiger partial charge in [0, 0.05) is 31.9 Å². The van der Waals surface area contributed by atoms with Crippen LogP contribution in [-0.2, 0) is 32.0 Å². The summed E-state index contributed by atoms with van der Waals surface area (Å²) >= 11 is 0. The summed E-state index contributed by atoms with van der Waals surface area (Å²) in [5.41, 5.74) is 3.58. The van der Waals surface area contributed by atoms with Crippen molar-refractivity contribution in [2.75, 3.05) is 56.2 Å². The van der Waals surface area contributed by atoms with Gasteiger partial charge in [0.1, 0.15) is 0 Å². The molecule has 0 aliphatic carbocycles. The number of hydrogen-bond donors (Lipinski definition) is 2. The number of nitrogens with one attached hydrogen (secondary N) is 2. The molecule has 0 atom stereocenters. The van der Waals surface area contributed by atoms with Gasteiger partial charge in [-0.2, -0.15) is 0 Å². The van der Waals surface area contributed by atoms with E-state index in [1.54, 1.807) is 0 Å². The maximum Gasteiger partial charge on any atom is 0.313 e. The maximum absolute atomic E-state index is 12.2. The fourth-order valence-electron chi connectivity index (χ4n) is 4.15. The van der Waals surface area contributed by atoms with Gasteiger partial charge in [-0.15, -0.1) is 0 Å². The Morgan fingerprint density at radius 2 is 1.86 bits per heavy atom. The van der Waals surface area contributed by atoms with E-state index in [1.165, 1.54) is 0 Å². The van der Waals surface area contributed by atoms with Crippen molar-refractivity contribution in [3.63, 3.8) is 0 Å². The minimum atomic E-state index is -0.671. The van der Waals surface area contributed by atoms with Crippen LogP contribution in [0.5, 0.6) is 0 Å². The van der Waals surface area contributed by atoms with Crippen LogP contribution < -0.4 is 15.5 Å². The Hall–Kier alpha value is -2.45. The van der Waals surface area contributed by atoms with E-state index in [0.29, 0.717) is 18.7 Å². The van der Waals surface area contributed by atoms with E-state index >= 15 is 0 Å². The number of aryl methyl sites for hydroxylation is 1. The van der Waals surface area contributed by atoms with Gasteiger partial charge in [0.05, 0.1) is 25.3 Å². The van der Waals surface area contributed by atoms with Crippen LogP contribution in [0.2, 0.25) is 0 Å². The number of carbonyl (C=O) groups excluding carboxylic acids is 3. The van der Waals surface area contributed by atoms with Gasteiger partial charge in [-0.25, -0.2) is 0 Å². The third-order valence-electron chi connectivity index (χ3n) is 5.51. The highest BCUT2D eigenvalue weighted by Gasteiger charge is 2.32. The zero-order chi connectivity index (χ0) is 19.5. The largest absolute Gasteiger partial charge is 0.379 e. The van der Waals surface area contributed by atoms with Crippen LogP contribution in [0.4, 0.5) is 11.4 Å². The van der Waals surface area contributed by atoms with E-state index in [4.69, 9.17) is 4.74 Å². The molecule has 1 aromatic carbocycles. The van der Waals surface area contributed by atoms with Crippen molar-refractivity contribution in [2.24, 2.45) is 0 Å². The molecule has 0 aromatic heterocycles. The third-order valence-corrected chi connectivity index (χ3v) is 5.51. The first-order chi connectivity index (χ1) is 13.6. The van der Waals surface area contributed by atoms with Crippen LogP contribution in [0.1, 0.15) is 24.0 Å². The van der Waals surface area contributed by atoms with E-state index in [2.05, 4.69) is 15.5 Å². The lowest BCUT2D eigenvalue weighted by Gasteiger charge is -2.26. The highest BCUT2D eigenvalue weighted by molar-refractivity contribution is 6.39. The number of benzene rings is 1. The molecule has 3 aliphatic rings. The number of carbonyl (C=O) groups is 3. The van der Waals surface area contributed by atoms with Crippen molar-refractivity contribution in [1.82, 2.24) is 10.2 Å². The average Bonchev–Trinajstić information content (AvgIpc) is 3.03. The van der Waals surface area contributed by atoms with Gasteiger partial charge < -0.3 is 20.3 Å². The molecule has 3 aliphatic heterocycles. The van der Waals surface area contributed by atoms with Crippen molar-refractivity contribution in [3.05, 3.63) is 23.3 Å².